The molecule has 1 atom stereocenters. The number of guanidine groups is 1. The number of rotatable bonds is 9. The van der Waals surface area contributed by atoms with Gasteiger partial charge in [0.05, 0.1) is 0 Å². The highest BCUT2D eigenvalue weighted by molar-refractivity contribution is 7.97. The zero-order valence-electron chi connectivity index (χ0n) is 18.1. The lowest BCUT2D eigenvalue weighted by Gasteiger charge is -2.15. The third-order valence-electron chi connectivity index (χ3n) is 4.85. The Morgan fingerprint density at radius 1 is 1.13 bits per heavy atom. The van der Waals surface area contributed by atoms with E-state index >= 15 is 0 Å². The number of anilines is 1. The second-order valence-electron chi connectivity index (χ2n) is 7.12. The Balaban J connectivity index is 1.93. The van der Waals surface area contributed by atoms with Crippen LogP contribution in [0.5, 0.6) is 0 Å². The molecule has 7 heteroatoms. The molecule has 0 radical (unpaired) electrons. The van der Waals surface area contributed by atoms with Gasteiger partial charge in [0, 0.05) is 37.5 Å². The van der Waals surface area contributed by atoms with Crippen molar-refractivity contribution >= 4 is 29.3 Å². The van der Waals surface area contributed by atoms with Gasteiger partial charge in [-0.3, -0.25) is 9.79 Å². The van der Waals surface area contributed by atoms with E-state index in [4.69, 9.17) is 0 Å². The summed E-state index contributed by atoms with van der Waals surface area (Å²) in [6.07, 6.45) is 2.81. The van der Waals surface area contributed by atoms with Gasteiger partial charge in [0.25, 0.3) is 0 Å². The Morgan fingerprint density at radius 3 is 2.60 bits per heavy atom. The first-order chi connectivity index (χ1) is 14.5. The maximum absolute atomic E-state index is 13.5. The quantitative estimate of drug-likeness (QED) is 0.404. The molecule has 3 N–H and O–H groups in total. The molecule has 162 valence electrons. The van der Waals surface area contributed by atoms with Crippen LogP contribution in [-0.2, 0) is 23.6 Å². The zero-order valence-corrected chi connectivity index (χ0v) is 18.9. The molecule has 0 aliphatic rings. The normalized spacial score (nSPS) is 12.4. The van der Waals surface area contributed by atoms with Gasteiger partial charge < -0.3 is 16.0 Å². The van der Waals surface area contributed by atoms with Gasteiger partial charge in [-0.15, -0.1) is 0 Å². The summed E-state index contributed by atoms with van der Waals surface area (Å²) in [6, 6.07) is 12.6. The van der Waals surface area contributed by atoms with Crippen LogP contribution in [-0.4, -0.2) is 25.2 Å². The molecule has 0 spiro atoms. The molecule has 0 aromatic heterocycles. The van der Waals surface area contributed by atoms with E-state index in [-0.39, 0.29) is 17.6 Å². The van der Waals surface area contributed by atoms with Gasteiger partial charge in [-0.05, 0) is 53.6 Å². The molecule has 2 rings (SSSR count). The van der Waals surface area contributed by atoms with Crippen LogP contribution >= 0.6 is 11.8 Å². The van der Waals surface area contributed by atoms with Gasteiger partial charge in [-0.25, -0.2) is 4.39 Å². The van der Waals surface area contributed by atoms with Crippen molar-refractivity contribution in [1.82, 2.24) is 10.6 Å². The predicted octanol–water partition coefficient (Wildman–Crippen LogP) is 4.54. The molecule has 2 aromatic carbocycles. The number of carbonyl (C=O) groups excluding carboxylic acids is 1. The molecule has 0 aliphatic heterocycles. The molecule has 0 fully saturated rings. The van der Waals surface area contributed by atoms with Crippen molar-refractivity contribution in [3.05, 3.63) is 65.0 Å². The highest BCUT2D eigenvalue weighted by Crippen LogP contribution is 2.17. The van der Waals surface area contributed by atoms with Crippen molar-refractivity contribution in [2.45, 2.75) is 39.1 Å². The molecular weight excluding hydrogens is 399 g/mol. The number of hydrogen-bond donors (Lipinski definition) is 3. The summed E-state index contributed by atoms with van der Waals surface area (Å²) in [4.78, 5) is 16.4. The SMILES string of the molecule is CCC(C)C(=O)Nc1cccc(CNC(=NC)NCc2ccc(F)cc2CSC)c1. The third-order valence-corrected chi connectivity index (χ3v) is 5.45. The lowest BCUT2D eigenvalue weighted by Crippen LogP contribution is -2.36. The maximum atomic E-state index is 13.5. The Morgan fingerprint density at radius 2 is 1.90 bits per heavy atom. The Hall–Kier alpha value is -2.54. The molecule has 5 nitrogen and oxygen atoms in total. The average Bonchev–Trinajstić information content (AvgIpc) is 2.75. The first-order valence-electron chi connectivity index (χ1n) is 10.1. The van der Waals surface area contributed by atoms with Gasteiger partial charge in [-0.2, -0.15) is 11.8 Å². The number of amides is 1. The molecule has 2 aromatic rings. The van der Waals surface area contributed by atoms with E-state index < -0.39 is 0 Å². The van der Waals surface area contributed by atoms with Crippen LogP contribution in [0.15, 0.2) is 47.5 Å². The second-order valence-corrected chi connectivity index (χ2v) is 7.99. The Bertz CT molecular complexity index is 872. The highest BCUT2D eigenvalue weighted by Gasteiger charge is 2.11. The fourth-order valence-electron chi connectivity index (χ4n) is 2.85. The first-order valence-corrected chi connectivity index (χ1v) is 11.5. The summed E-state index contributed by atoms with van der Waals surface area (Å²) in [6.45, 7) is 5.04. The second kappa shape index (κ2) is 12.2. The Labute approximate surface area is 182 Å². The van der Waals surface area contributed by atoms with Gasteiger partial charge >= 0.3 is 0 Å². The van der Waals surface area contributed by atoms with Crippen LogP contribution in [0.2, 0.25) is 0 Å². The maximum Gasteiger partial charge on any atom is 0.227 e. The molecule has 0 aliphatic carbocycles. The fourth-order valence-corrected chi connectivity index (χ4v) is 3.43. The number of thioether (sulfide) groups is 1. The monoisotopic (exact) mass is 430 g/mol. The summed E-state index contributed by atoms with van der Waals surface area (Å²) >= 11 is 1.66. The molecule has 1 unspecified atom stereocenters. The first kappa shape index (κ1) is 23.7. The number of aliphatic imine (C=N–C) groups is 1. The van der Waals surface area contributed by atoms with Crippen molar-refractivity contribution in [1.29, 1.82) is 0 Å². The minimum Gasteiger partial charge on any atom is -0.352 e. The Kier molecular flexibility index (Phi) is 9.67. The van der Waals surface area contributed by atoms with Gasteiger partial charge in [-0.1, -0.05) is 32.0 Å². The third kappa shape index (κ3) is 7.37. The number of hydrogen-bond acceptors (Lipinski definition) is 3. The highest BCUT2D eigenvalue weighted by atomic mass is 32.2. The van der Waals surface area contributed by atoms with Crippen molar-refractivity contribution < 1.29 is 9.18 Å². The molecule has 0 saturated heterocycles. The van der Waals surface area contributed by atoms with E-state index in [0.717, 1.165) is 34.6 Å². The van der Waals surface area contributed by atoms with Crippen molar-refractivity contribution in [2.24, 2.45) is 10.9 Å². The van der Waals surface area contributed by atoms with Crippen LogP contribution in [0, 0.1) is 11.7 Å². The fraction of sp³-hybridized carbons (Fsp3) is 0.391. The molecular formula is C23H31FN4OS. The number of halogens is 1. The van der Waals surface area contributed by atoms with Crippen LogP contribution in [0.25, 0.3) is 0 Å². The van der Waals surface area contributed by atoms with Gasteiger partial charge in [0.15, 0.2) is 5.96 Å². The molecule has 0 bridgehead atoms. The molecule has 30 heavy (non-hydrogen) atoms. The number of benzene rings is 2. The van der Waals surface area contributed by atoms with Gasteiger partial charge in [0.2, 0.25) is 5.91 Å². The molecule has 0 saturated carbocycles. The van der Waals surface area contributed by atoms with Crippen molar-refractivity contribution in [2.75, 3.05) is 18.6 Å². The van der Waals surface area contributed by atoms with E-state index in [1.165, 1.54) is 6.07 Å². The summed E-state index contributed by atoms with van der Waals surface area (Å²) in [5.41, 5.74) is 3.85. The lowest BCUT2D eigenvalue weighted by atomic mass is 10.1. The standard InChI is InChI=1S/C23H31FN4OS/c1-5-16(2)22(29)28-21-8-6-7-17(11-21)13-26-23(25-3)27-14-18-9-10-20(24)12-19(18)15-30-4/h6-12,16H,5,13-15H2,1-4H3,(H,28,29)(H2,25,26,27). The number of carbonyl (C=O) groups is 1. The summed E-state index contributed by atoms with van der Waals surface area (Å²) in [5.74, 6) is 1.21. The van der Waals surface area contributed by atoms with E-state index in [1.54, 1.807) is 24.9 Å². The largest absolute Gasteiger partial charge is 0.352 e. The summed E-state index contributed by atoms with van der Waals surface area (Å²) in [7, 11) is 1.71. The molecule has 0 heterocycles. The minimum absolute atomic E-state index is 0.0164. The topological polar surface area (TPSA) is 65.5 Å². The van der Waals surface area contributed by atoms with Gasteiger partial charge in [0.1, 0.15) is 5.82 Å². The lowest BCUT2D eigenvalue weighted by molar-refractivity contribution is -0.119. The zero-order chi connectivity index (χ0) is 21.9. The minimum atomic E-state index is -0.217. The van der Waals surface area contributed by atoms with Crippen LogP contribution in [0.3, 0.4) is 0 Å². The van der Waals surface area contributed by atoms with E-state index in [9.17, 15) is 9.18 Å². The van der Waals surface area contributed by atoms with E-state index in [0.29, 0.717) is 19.0 Å². The van der Waals surface area contributed by atoms with E-state index in [2.05, 4.69) is 20.9 Å². The van der Waals surface area contributed by atoms with Crippen molar-refractivity contribution in [3.8, 4) is 0 Å². The van der Waals surface area contributed by atoms with Crippen LogP contribution in [0.4, 0.5) is 10.1 Å². The smallest absolute Gasteiger partial charge is 0.227 e. The van der Waals surface area contributed by atoms with E-state index in [1.807, 2.05) is 50.4 Å². The van der Waals surface area contributed by atoms with Crippen LogP contribution in [0.1, 0.15) is 37.0 Å². The number of nitrogens with zero attached hydrogens (tertiary/aromatic N) is 1. The van der Waals surface area contributed by atoms with Crippen LogP contribution < -0.4 is 16.0 Å². The van der Waals surface area contributed by atoms with Crippen molar-refractivity contribution in [3.63, 3.8) is 0 Å². The average molecular weight is 431 g/mol. The number of nitrogens with one attached hydrogen (secondary N) is 3. The predicted molar refractivity (Wildman–Crippen MR) is 125 cm³/mol. The summed E-state index contributed by atoms with van der Waals surface area (Å²) < 4.78 is 13.5. The summed E-state index contributed by atoms with van der Waals surface area (Å²) in [5, 5.41) is 9.52. The molecule has 1 amide bonds.